The SMILES string of the molecule is NC(=NCCOc1cccc(Cl)c1)NC1CC1. The molecular formula is C12H16ClN3O. The van der Waals surface area contributed by atoms with E-state index in [2.05, 4.69) is 10.3 Å². The molecule has 0 bridgehead atoms. The molecule has 1 aliphatic carbocycles. The van der Waals surface area contributed by atoms with Gasteiger partial charge in [0.1, 0.15) is 12.4 Å². The van der Waals surface area contributed by atoms with Gasteiger partial charge in [0.25, 0.3) is 0 Å². The van der Waals surface area contributed by atoms with E-state index >= 15 is 0 Å². The fourth-order valence-electron chi connectivity index (χ4n) is 1.37. The van der Waals surface area contributed by atoms with Crippen LogP contribution in [-0.4, -0.2) is 25.2 Å². The molecule has 1 saturated carbocycles. The van der Waals surface area contributed by atoms with Crippen molar-refractivity contribution in [3.63, 3.8) is 0 Å². The van der Waals surface area contributed by atoms with Crippen LogP contribution in [0.3, 0.4) is 0 Å². The van der Waals surface area contributed by atoms with Crippen molar-refractivity contribution in [2.24, 2.45) is 10.7 Å². The number of hydrogen-bond donors (Lipinski definition) is 2. The minimum atomic E-state index is 0.493. The first kappa shape index (κ1) is 12.0. The second-order valence-corrected chi connectivity index (χ2v) is 4.43. The zero-order valence-electron chi connectivity index (χ0n) is 9.53. The van der Waals surface area contributed by atoms with E-state index in [9.17, 15) is 0 Å². The highest BCUT2D eigenvalue weighted by molar-refractivity contribution is 6.30. The van der Waals surface area contributed by atoms with Crippen molar-refractivity contribution in [2.45, 2.75) is 18.9 Å². The molecular weight excluding hydrogens is 238 g/mol. The monoisotopic (exact) mass is 253 g/mol. The number of rotatable bonds is 5. The summed E-state index contributed by atoms with van der Waals surface area (Å²) in [5.74, 6) is 1.25. The lowest BCUT2D eigenvalue weighted by Gasteiger charge is -2.05. The smallest absolute Gasteiger partial charge is 0.188 e. The van der Waals surface area contributed by atoms with Crippen molar-refractivity contribution >= 4 is 17.6 Å². The normalized spacial score (nSPS) is 15.7. The molecule has 0 radical (unpaired) electrons. The topological polar surface area (TPSA) is 59.6 Å². The summed E-state index contributed by atoms with van der Waals surface area (Å²) in [6.07, 6.45) is 2.38. The molecule has 0 aliphatic heterocycles. The first-order valence-corrected chi connectivity index (χ1v) is 6.06. The quantitative estimate of drug-likeness (QED) is 0.478. The molecule has 1 aliphatic rings. The lowest BCUT2D eigenvalue weighted by atomic mass is 10.3. The molecule has 0 unspecified atom stereocenters. The van der Waals surface area contributed by atoms with Crippen molar-refractivity contribution < 1.29 is 4.74 Å². The molecule has 2 rings (SSSR count). The van der Waals surface area contributed by atoms with Gasteiger partial charge in [0.15, 0.2) is 5.96 Å². The van der Waals surface area contributed by atoms with Crippen molar-refractivity contribution in [3.8, 4) is 5.75 Å². The van der Waals surface area contributed by atoms with Gasteiger partial charge < -0.3 is 15.8 Å². The molecule has 4 nitrogen and oxygen atoms in total. The predicted octanol–water partition coefficient (Wildman–Crippen LogP) is 1.79. The average molecular weight is 254 g/mol. The van der Waals surface area contributed by atoms with Crippen molar-refractivity contribution in [3.05, 3.63) is 29.3 Å². The number of hydrogen-bond acceptors (Lipinski definition) is 2. The Morgan fingerprint density at radius 2 is 2.35 bits per heavy atom. The fourth-order valence-corrected chi connectivity index (χ4v) is 1.55. The molecule has 17 heavy (non-hydrogen) atoms. The second-order valence-electron chi connectivity index (χ2n) is 3.99. The van der Waals surface area contributed by atoms with E-state index in [-0.39, 0.29) is 0 Å². The van der Waals surface area contributed by atoms with Crippen molar-refractivity contribution in [1.82, 2.24) is 5.32 Å². The van der Waals surface area contributed by atoms with Gasteiger partial charge in [0.05, 0.1) is 6.54 Å². The van der Waals surface area contributed by atoms with E-state index in [0.717, 1.165) is 5.75 Å². The molecule has 5 heteroatoms. The summed E-state index contributed by atoms with van der Waals surface area (Å²) in [5.41, 5.74) is 5.68. The van der Waals surface area contributed by atoms with E-state index in [1.165, 1.54) is 12.8 Å². The van der Waals surface area contributed by atoms with E-state index in [4.69, 9.17) is 22.1 Å². The van der Waals surface area contributed by atoms with Gasteiger partial charge in [-0.05, 0) is 31.0 Å². The van der Waals surface area contributed by atoms with Gasteiger partial charge in [0, 0.05) is 11.1 Å². The van der Waals surface area contributed by atoms with Gasteiger partial charge in [-0.1, -0.05) is 17.7 Å². The minimum absolute atomic E-state index is 0.493. The van der Waals surface area contributed by atoms with Crippen LogP contribution in [-0.2, 0) is 0 Å². The lowest BCUT2D eigenvalue weighted by molar-refractivity contribution is 0.328. The maximum atomic E-state index is 5.83. The molecule has 0 aromatic heterocycles. The van der Waals surface area contributed by atoms with Gasteiger partial charge in [0.2, 0.25) is 0 Å². The standard InChI is InChI=1S/C12H16ClN3O/c13-9-2-1-3-11(8-9)17-7-6-15-12(14)16-10-4-5-10/h1-3,8,10H,4-7H2,(H3,14,15,16). The third kappa shape index (κ3) is 4.53. The number of benzene rings is 1. The second kappa shape index (κ2) is 5.77. The third-order valence-corrected chi connectivity index (χ3v) is 2.60. The van der Waals surface area contributed by atoms with Gasteiger partial charge in [-0.2, -0.15) is 0 Å². The first-order chi connectivity index (χ1) is 8.24. The summed E-state index contributed by atoms with van der Waals surface area (Å²) in [5, 5.41) is 3.78. The molecule has 0 atom stereocenters. The molecule has 0 heterocycles. The molecule has 1 aromatic carbocycles. The Hall–Kier alpha value is -1.42. The third-order valence-electron chi connectivity index (χ3n) is 2.37. The Morgan fingerprint density at radius 1 is 1.53 bits per heavy atom. The number of nitrogens with one attached hydrogen (secondary N) is 1. The van der Waals surface area contributed by atoms with E-state index < -0.39 is 0 Å². The van der Waals surface area contributed by atoms with Crippen LogP contribution in [0, 0.1) is 0 Å². The van der Waals surface area contributed by atoms with E-state index in [1.54, 1.807) is 6.07 Å². The Balaban J connectivity index is 1.68. The summed E-state index contributed by atoms with van der Waals surface area (Å²) in [6, 6.07) is 7.83. The predicted molar refractivity (Wildman–Crippen MR) is 69.6 cm³/mol. The van der Waals surface area contributed by atoms with Gasteiger partial charge in [-0.15, -0.1) is 0 Å². The summed E-state index contributed by atoms with van der Waals surface area (Å²) in [7, 11) is 0. The van der Waals surface area contributed by atoms with Crippen LogP contribution in [0.15, 0.2) is 29.3 Å². The van der Waals surface area contributed by atoms with Crippen molar-refractivity contribution in [1.29, 1.82) is 0 Å². The summed E-state index contributed by atoms with van der Waals surface area (Å²) < 4.78 is 5.48. The number of ether oxygens (including phenoxy) is 1. The van der Waals surface area contributed by atoms with Crippen LogP contribution in [0.2, 0.25) is 5.02 Å². The molecule has 0 saturated heterocycles. The van der Waals surface area contributed by atoms with E-state index in [1.807, 2.05) is 18.2 Å². The Morgan fingerprint density at radius 3 is 3.06 bits per heavy atom. The number of nitrogens with zero attached hydrogens (tertiary/aromatic N) is 1. The molecule has 3 N–H and O–H groups in total. The van der Waals surface area contributed by atoms with Crippen LogP contribution in [0.1, 0.15) is 12.8 Å². The Labute approximate surface area is 106 Å². The molecule has 0 amide bonds. The summed E-state index contributed by atoms with van der Waals surface area (Å²) in [6.45, 7) is 1.03. The maximum Gasteiger partial charge on any atom is 0.188 e. The number of halogens is 1. The highest BCUT2D eigenvalue weighted by Gasteiger charge is 2.21. The number of guanidine groups is 1. The highest BCUT2D eigenvalue weighted by atomic mass is 35.5. The number of aliphatic imine (C=N–C) groups is 1. The summed E-state index contributed by atoms with van der Waals surface area (Å²) in [4.78, 5) is 4.17. The zero-order valence-corrected chi connectivity index (χ0v) is 10.3. The number of nitrogens with two attached hydrogens (primary N) is 1. The Bertz CT molecular complexity index is 404. The summed E-state index contributed by atoms with van der Waals surface area (Å²) >= 11 is 5.83. The van der Waals surface area contributed by atoms with E-state index in [0.29, 0.717) is 30.2 Å². The van der Waals surface area contributed by atoms with Gasteiger partial charge in [-0.25, -0.2) is 4.99 Å². The van der Waals surface area contributed by atoms with Gasteiger partial charge in [-0.3, -0.25) is 0 Å². The molecule has 1 aromatic rings. The highest BCUT2D eigenvalue weighted by Crippen LogP contribution is 2.18. The molecule has 1 fully saturated rings. The Kier molecular flexibility index (Phi) is 4.09. The van der Waals surface area contributed by atoms with Crippen LogP contribution < -0.4 is 15.8 Å². The van der Waals surface area contributed by atoms with Crippen LogP contribution >= 0.6 is 11.6 Å². The molecule has 92 valence electrons. The van der Waals surface area contributed by atoms with Crippen molar-refractivity contribution in [2.75, 3.05) is 13.2 Å². The largest absolute Gasteiger partial charge is 0.492 e. The minimum Gasteiger partial charge on any atom is -0.492 e. The maximum absolute atomic E-state index is 5.83. The average Bonchev–Trinajstić information content (AvgIpc) is 3.08. The molecule has 0 spiro atoms. The first-order valence-electron chi connectivity index (χ1n) is 5.69. The van der Waals surface area contributed by atoms with Crippen LogP contribution in [0.5, 0.6) is 5.75 Å². The van der Waals surface area contributed by atoms with Crippen LogP contribution in [0.4, 0.5) is 0 Å². The zero-order chi connectivity index (χ0) is 12.1. The lowest BCUT2D eigenvalue weighted by Crippen LogP contribution is -2.33. The van der Waals surface area contributed by atoms with Crippen LogP contribution in [0.25, 0.3) is 0 Å². The van der Waals surface area contributed by atoms with Gasteiger partial charge >= 0.3 is 0 Å². The fraction of sp³-hybridized carbons (Fsp3) is 0.417.